The van der Waals surface area contributed by atoms with Crippen molar-refractivity contribution in [2.45, 2.75) is 90.5 Å². The van der Waals surface area contributed by atoms with Gasteiger partial charge in [0.05, 0.1) is 5.29 Å². The molecule has 1 fully saturated rings. The molecule has 0 spiro atoms. The maximum Gasteiger partial charge on any atom is 0.340 e. The average Bonchev–Trinajstić information content (AvgIpc) is 2.69. The molecule has 0 saturated heterocycles. The Bertz CT molecular complexity index is 546. The lowest BCUT2D eigenvalue weighted by molar-refractivity contribution is -0.166. The maximum absolute atomic E-state index is 12.0. The monoisotopic (exact) mass is 413 g/mol. The zero-order valence-corrected chi connectivity index (χ0v) is 17.6. The van der Waals surface area contributed by atoms with Gasteiger partial charge in [0.1, 0.15) is 0 Å². The summed E-state index contributed by atoms with van der Waals surface area (Å²) >= 11 is 0. The summed E-state index contributed by atoms with van der Waals surface area (Å²) in [5, 5.41) is 25.7. The SMILES string of the molecule is CCCCCC(CCC1CCC(NC(=O)N(CCC)N=O)CC1)(C(=O)O)C(=O)O. The number of nitrogens with zero attached hydrogens (tertiary/aromatic N) is 2. The van der Waals surface area contributed by atoms with E-state index in [9.17, 15) is 29.5 Å². The normalized spacial score (nSPS) is 19.4. The Balaban J connectivity index is 2.55. The number of carboxylic acid groups (broad SMARTS) is 2. The quantitative estimate of drug-likeness (QED) is 0.179. The van der Waals surface area contributed by atoms with E-state index in [1.807, 2.05) is 13.8 Å². The number of rotatable bonds is 13. The van der Waals surface area contributed by atoms with Gasteiger partial charge < -0.3 is 15.5 Å². The van der Waals surface area contributed by atoms with E-state index in [4.69, 9.17) is 0 Å². The van der Waals surface area contributed by atoms with Crippen LogP contribution in [0.1, 0.15) is 84.5 Å². The molecule has 0 heterocycles. The molecule has 0 unspecified atom stereocenters. The van der Waals surface area contributed by atoms with Crippen molar-refractivity contribution in [1.82, 2.24) is 10.3 Å². The van der Waals surface area contributed by atoms with Crippen LogP contribution >= 0.6 is 0 Å². The summed E-state index contributed by atoms with van der Waals surface area (Å²) in [4.78, 5) is 46.3. The summed E-state index contributed by atoms with van der Waals surface area (Å²) < 4.78 is 0. The van der Waals surface area contributed by atoms with E-state index in [0.717, 1.165) is 43.5 Å². The van der Waals surface area contributed by atoms with Gasteiger partial charge >= 0.3 is 18.0 Å². The van der Waals surface area contributed by atoms with Crippen LogP contribution in [-0.2, 0) is 9.59 Å². The number of carbonyl (C=O) groups is 3. The largest absolute Gasteiger partial charge is 0.480 e. The molecule has 1 saturated carbocycles. The maximum atomic E-state index is 12.0. The van der Waals surface area contributed by atoms with E-state index in [1.54, 1.807) is 0 Å². The Morgan fingerprint density at radius 1 is 1.00 bits per heavy atom. The highest BCUT2D eigenvalue weighted by atomic mass is 16.4. The van der Waals surface area contributed by atoms with Crippen LogP contribution in [0, 0.1) is 16.2 Å². The number of urea groups is 1. The third-order valence-electron chi connectivity index (χ3n) is 5.95. The van der Waals surface area contributed by atoms with E-state index in [0.29, 0.717) is 19.3 Å². The van der Waals surface area contributed by atoms with Gasteiger partial charge in [-0.1, -0.05) is 33.1 Å². The van der Waals surface area contributed by atoms with Crippen molar-refractivity contribution in [2.75, 3.05) is 6.54 Å². The Morgan fingerprint density at radius 3 is 2.10 bits per heavy atom. The fourth-order valence-electron chi connectivity index (χ4n) is 4.01. The van der Waals surface area contributed by atoms with Crippen molar-refractivity contribution in [3.8, 4) is 0 Å². The predicted molar refractivity (Wildman–Crippen MR) is 108 cm³/mol. The van der Waals surface area contributed by atoms with Crippen LogP contribution in [-0.4, -0.2) is 45.8 Å². The number of nitroso groups, excluding NO2 is 1. The summed E-state index contributed by atoms with van der Waals surface area (Å²) in [5.41, 5.74) is -1.71. The van der Waals surface area contributed by atoms with Crippen LogP contribution in [0.3, 0.4) is 0 Å². The summed E-state index contributed by atoms with van der Waals surface area (Å²) in [6.07, 6.45) is 6.80. The molecule has 166 valence electrons. The fraction of sp³-hybridized carbons (Fsp3) is 0.850. The lowest BCUT2D eigenvalue weighted by Crippen LogP contribution is -2.44. The summed E-state index contributed by atoms with van der Waals surface area (Å²) in [7, 11) is 0. The average molecular weight is 414 g/mol. The molecule has 0 aromatic carbocycles. The first-order valence-electron chi connectivity index (χ1n) is 10.7. The van der Waals surface area contributed by atoms with Crippen LogP contribution in [0.4, 0.5) is 4.79 Å². The number of amides is 2. The van der Waals surface area contributed by atoms with Gasteiger partial charge in [-0.2, -0.15) is 5.01 Å². The van der Waals surface area contributed by atoms with Crippen LogP contribution in [0.15, 0.2) is 5.29 Å². The first kappa shape index (κ1) is 24.8. The first-order valence-corrected chi connectivity index (χ1v) is 10.7. The Labute approximate surface area is 172 Å². The molecule has 0 aromatic rings. The molecular formula is C20H35N3O6. The van der Waals surface area contributed by atoms with E-state index in [-0.39, 0.29) is 31.3 Å². The number of hydrogen-bond donors (Lipinski definition) is 3. The minimum Gasteiger partial charge on any atom is -0.480 e. The number of aliphatic carboxylic acids is 2. The molecule has 9 heteroatoms. The topological polar surface area (TPSA) is 136 Å². The molecule has 0 bridgehead atoms. The number of carbonyl (C=O) groups excluding carboxylic acids is 1. The van der Waals surface area contributed by atoms with Gasteiger partial charge in [0.2, 0.25) is 0 Å². The second-order valence-electron chi connectivity index (χ2n) is 8.06. The number of carboxylic acids is 2. The van der Waals surface area contributed by atoms with Crippen molar-refractivity contribution in [2.24, 2.45) is 16.6 Å². The van der Waals surface area contributed by atoms with Gasteiger partial charge in [-0.3, -0.25) is 9.59 Å². The Kier molecular flexibility index (Phi) is 10.6. The molecule has 1 aliphatic rings. The third kappa shape index (κ3) is 7.29. The van der Waals surface area contributed by atoms with Gasteiger partial charge in [0, 0.05) is 12.6 Å². The molecular weight excluding hydrogens is 378 g/mol. The molecule has 1 aliphatic carbocycles. The number of hydrogen-bond acceptors (Lipinski definition) is 5. The first-order chi connectivity index (χ1) is 13.8. The molecule has 29 heavy (non-hydrogen) atoms. The Hall–Kier alpha value is -2.19. The van der Waals surface area contributed by atoms with Crippen LogP contribution in [0.5, 0.6) is 0 Å². The highest BCUT2D eigenvalue weighted by molar-refractivity contribution is 5.98. The van der Waals surface area contributed by atoms with Crippen LogP contribution in [0.25, 0.3) is 0 Å². The second-order valence-corrected chi connectivity index (χ2v) is 8.06. The van der Waals surface area contributed by atoms with E-state index < -0.39 is 23.4 Å². The predicted octanol–water partition coefficient (Wildman–Crippen LogP) is 4.16. The smallest absolute Gasteiger partial charge is 0.340 e. The van der Waals surface area contributed by atoms with Gasteiger partial charge in [-0.15, -0.1) is 4.91 Å². The molecule has 0 radical (unpaired) electrons. The molecule has 0 atom stereocenters. The van der Waals surface area contributed by atoms with E-state index >= 15 is 0 Å². The van der Waals surface area contributed by atoms with Gasteiger partial charge in [-0.05, 0) is 57.3 Å². The second kappa shape index (κ2) is 12.4. The summed E-state index contributed by atoms with van der Waals surface area (Å²) in [6.45, 7) is 4.12. The molecule has 9 nitrogen and oxygen atoms in total. The molecule has 0 aromatic heterocycles. The molecule has 3 N–H and O–H groups in total. The fourth-order valence-corrected chi connectivity index (χ4v) is 4.01. The minimum absolute atomic E-state index is 0.0480. The molecule has 2 amide bonds. The minimum atomic E-state index is -1.71. The summed E-state index contributed by atoms with van der Waals surface area (Å²) in [6, 6.07) is -0.537. The van der Waals surface area contributed by atoms with Crippen LogP contribution in [0.2, 0.25) is 0 Å². The lowest BCUT2D eigenvalue weighted by atomic mass is 9.74. The number of nitrogens with one attached hydrogen (secondary N) is 1. The van der Waals surface area contributed by atoms with E-state index in [2.05, 4.69) is 10.6 Å². The van der Waals surface area contributed by atoms with Gasteiger partial charge in [0.25, 0.3) is 0 Å². The van der Waals surface area contributed by atoms with Crippen molar-refractivity contribution < 1.29 is 24.6 Å². The highest BCUT2D eigenvalue weighted by Gasteiger charge is 2.46. The zero-order chi connectivity index (χ0) is 21.9. The third-order valence-corrected chi connectivity index (χ3v) is 5.95. The van der Waals surface area contributed by atoms with Crippen molar-refractivity contribution in [3.63, 3.8) is 0 Å². The molecule has 1 rings (SSSR count). The van der Waals surface area contributed by atoms with Crippen molar-refractivity contribution in [1.29, 1.82) is 0 Å². The van der Waals surface area contributed by atoms with Gasteiger partial charge in [0.15, 0.2) is 5.41 Å². The summed E-state index contributed by atoms with van der Waals surface area (Å²) in [5.74, 6) is -2.26. The lowest BCUT2D eigenvalue weighted by Gasteiger charge is -2.32. The zero-order valence-electron chi connectivity index (χ0n) is 17.6. The highest BCUT2D eigenvalue weighted by Crippen LogP contribution is 2.37. The van der Waals surface area contributed by atoms with Crippen molar-refractivity contribution >= 4 is 18.0 Å². The standard InChI is InChI=1S/C20H35N3O6/c1-3-5-6-12-20(17(24)25,18(26)27)13-11-15-7-9-16(10-8-15)21-19(28)23(22-29)14-4-2/h15-16H,3-14H2,1-2H3,(H,21,28)(H,24,25)(H,26,27). The van der Waals surface area contributed by atoms with Gasteiger partial charge in [-0.25, -0.2) is 4.79 Å². The van der Waals surface area contributed by atoms with Crippen molar-refractivity contribution in [3.05, 3.63) is 4.91 Å². The Morgan fingerprint density at radius 2 is 1.62 bits per heavy atom. The molecule has 0 aliphatic heterocycles. The van der Waals surface area contributed by atoms with Crippen LogP contribution < -0.4 is 5.32 Å². The number of unbranched alkanes of at least 4 members (excludes halogenated alkanes) is 2. The van der Waals surface area contributed by atoms with E-state index in [1.165, 1.54) is 0 Å².